The van der Waals surface area contributed by atoms with Crippen LogP contribution in [0.3, 0.4) is 0 Å². The quantitative estimate of drug-likeness (QED) is 0.638. The van der Waals surface area contributed by atoms with Gasteiger partial charge in [0.1, 0.15) is 6.04 Å². The average molecular weight is 157 g/mol. The highest BCUT2D eigenvalue weighted by Crippen LogP contribution is 2.27. The van der Waals surface area contributed by atoms with Gasteiger partial charge in [-0.1, -0.05) is 12.8 Å². The second-order valence-corrected chi connectivity index (χ2v) is 3.15. The molecule has 1 atom stereocenters. The first-order valence-electron chi connectivity index (χ1n) is 4.15. The zero-order valence-electron chi connectivity index (χ0n) is 6.84. The van der Waals surface area contributed by atoms with Gasteiger partial charge in [-0.2, -0.15) is 0 Å². The van der Waals surface area contributed by atoms with E-state index in [0.717, 1.165) is 12.8 Å². The zero-order chi connectivity index (χ0) is 8.27. The molecule has 0 saturated heterocycles. The van der Waals surface area contributed by atoms with E-state index in [1.54, 1.807) is 7.05 Å². The van der Waals surface area contributed by atoms with E-state index in [1.165, 1.54) is 12.8 Å². The van der Waals surface area contributed by atoms with E-state index in [-0.39, 0.29) is 6.04 Å². The molecule has 2 N–H and O–H groups in total. The molecule has 11 heavy (non-hydrogen) atoms. The van der Waals surface area contributed by atoms with E-state index >= 15 is 0 Å². The van der Waals surface area contributed by atoms with Crippen molar-refractivity contribution in [1.29, 1.82) is 0 Å². The Morgan fingerprint density at radius 1 is 1.55 bits per heavy atom. The number of likely N-dealkylation sites (N-methyl/N-ethyl adjacent to an activating group) is 1. The number of nitrogens with one attached hydrogen (secondary N) is 1. The van der Waals surface area contributed by atoms with Crippen molar-refractivity contribution in [3.8, 4) is 0 Å². The van der Waals surface area contributed by atoms with Gasteiger partial charge in [-0.3, -0.25) is 4.79 Å². The smallest absolute Gasteiger partial charge is 0.320 e. The summed E-state index contributed by atoms with van der Waals surface area (Å²) in [6, 6.07) is -0.322. The summed E-state index contributed by atoms with van der Waals surface area (Å²) in [5, 5.41) is 11.6. The first-order valence-corrected chi connectivity index (χ1v) is 4.15. The predicted molar refractivity (Wildman–Crippen MR) is 42.4 cm³/mol. The molecule has 0 aromatic heterocycles. The number of aliphatic carboxylic acids is 1. The Balaban J connectivity index is 2.46. The van der Waals surface area contributed by atoms with E-state index in [1.807, 2.05) is 0 Å². The summed E-state index contributed by atoms with van der Waals surface area (Å²) in [7, 11) is 1.72. The molecule has 64 valence electrons. The molecule has 3 nitrogen and oxygen atoms in total. The van der Waals surface area contributed by atoms with Crippen molar-refractivity contribution in [3.05, 3.63) is 0 Å². The third-order valence-corrected chi connectivity index (χ3v) is 2.45. The molecule has 0 aromatic carbocycles. The number of hydrogen-bond donors (Lipinski definition) is 2. The van der Waals surface area contributed by atoms with Crippen molar-refractivity contribution < 1.29 is 9.90 Å². The summed E-state index contributed by atoms with van der Waals surface area (Å²) in [6.45, 7) is 0. The maximum Gasteiger partial charge on any atom is 0.320 e. The first kappa shape index (κ1) is 8.53. The molecule has 0 aliphatic heterocycles. The maximum atomic E-state index is 10.7. The van der Waals surface area contributed by atoms with E-state index in [9.17, 15) is 4.79 Å². The van der Waals surface area contributed by atoms with Crippen molar-refractivity contribution in [2.75, 3.05) is 7.05 Å². The Hall–Kier alpha value is -0.570. The van der Waals surface area contributed by atoms with E-state index in [4.69, 9.17) is 5.11 Å². The lowest BCUT2D eigenvalue weighted by molar-refractivity contribution is -0.140. The van der Waals surface area contributed by atoms with E-state index < -0.39 is 5.97 Å². The normalized spacial score (nSPS) is 21.9. The molecule has 1 aliphatic rings. The molecule has 0 heterocycles. The first-order chi connectivity index (χ1) is 5.25. The molecule has 1 rings (SSSR count). The summed E-state index contributed by atoms with van der Waals surface area (Å²) in [5.41, 5.74) is 0. The van der Waals surface area contributed by atoms with Gasteiger partial charge in [0.05, 0.1) is 0 Å². The van der Waals surface area contributed by atoms with Gasteiger partial charge in [0.2, 0.25) is 0 Å². The predicted octanol–water partition coefficient (Wildman–Crippen LogP) is 0.849. The van der Waals surface area contributed by atoms with Crippen LogP contribution in [0.15, 0.2) is 0 Å². The van der Waals surface area contributed by atoms with Crippen LogP contribution in [0, 0.1) is 5.92 Å². The summed E-state index contributed by atoms with van der Waals surface area (Å²) < 4.78 is 0. The lowest BCUT2D eigenvalue weighted by Gasteiger charge is -2.17. The Morgan fingerprint density at radius 3 is 2.45 bits per heavy atom. The highest BCUT2D eigenvalue weighted by Gasteiger charge is 2.28. The van der Waals surface area contributed by atoms with Crippen LogP contribution in [0.4, 0.5) is 0 Å². The van der Waals surface area contributed by atoms with Gasteiger partial charge in [-0.15, -0.1) is 0 Å². The molecule has 0 bridgehead atoms. The van der Waals surface area contributed by atoms with Crippen molar-refractivity contribution in [3.63, 3.8) is 0 Å². The lowest BCUT2D eigenvalue weighted by atomic mass is 9.99. The van der Waals surface area contributed by atoms with Gasteiger partial charge < -0.3 is 10.4 Å². The fourth-order valence-electron chi connectivity index (χ4n) is 1.85. The van der Waals surface area contributed by atoms with Gasteiger partial charge >= 0.3 is 5.97 Å². The second kappa shape index (κ2) is 3.72. The SMILES string of the molecule is CNC(C(=O)O)C1CCCC1. The van der Waals surface area contributed by atoms with E-state index in [0.29, 0.717) is 5.92 Å². The molecule has 1 unspecified atom stereocenters. The number of carboxylic acids is 1. The van der Waals surface area contributed by atoms with Gasteiger partial charge in [0.25, 0.3) is 0 Å². The third-order valence-electron chi connectivity index (χ3n) is 2.45. The van der Waals surface area contributed by atoms with Crippen molar-refractivity contribution in [2.45, 2.75) is 31.7 Å². The fraction of sp³-hybridized carbons (Fsp3) is 0.875. The van der Waals surface area contributed by atoms with Crippen LogP contribution in [0.2, 0.25) is 0 Å². The van der Waals surface area contributed by atoms with Gasteiger partial charge in [0, 0.05) is 0 Å². The monoisotopic (exact) mass is 157 g/mol. The van der Waals surface area contributed by atoms with Crippen LogP contribution in [0.5, 0.6) is 0 Å². The van der Waals surface area contributed by atoms with Crippen LogP contribution >= 0.6 is 0 Å². The van der Waals surface area contributed by atoms with Crippen LogP contribution in [0.1, 0.15) is 25.7 Å². The van der Waals surface area contributed by atoms with Crippen LogP contribution in [-0.4, -0.2) is 24.2 Å². The van der Waals surface area contributed by atoms with Crippen LogP contribution < -0.4 is 5.32 Å². The lowest BCUT2D eigenvalue weighted by Crippen LogP contribution is -2.39. The number of hydrogen-bond acceptors (Lipinski definition) is 2. The topological polar surface area (TPSA) is 49.3 Å². The zero-order valence-corrected chi connectivity index (χ0v) is 6.84. The molecule has 1 saturated carbocycles. The number of rotatable bonds is 3. The van der Waals surface area contributed by atoms with Gasteiger partial charge in [-0.25, -0.2) is 0 Å². The molecule has 1 fully saturated rings. The van der Waals surface area contributed by atoms with Crippen molar-refractivity contribution in [2.24, 2.45) is 5.92 Å². The Bertz CT molecular complexity index is 141. The van der Waals surface area contributed by atoms with Crippen LogP contribution in [0.25, 0.3) is 0 Å². The van der Waals surface area contributed by atoms with Crippen molar-refractivity contribution in [1.82, 2.24) is 5.32 Å². The summed E-state index contributed by atoms with van der Waals surface area (Å²) >= 11 is 0. The van der Waals surface area contributed by atoms with E-state index in [2.05, 4.69) is 5.32 Å². The third kappa shape index (κ3) is 1.93. The molecule has 0 amide bonds. The molecule has 0 spiro atoms. The minimum Gasteiger partial charge on any atom is -0.480 e. The Labute approximate surface area is 66.8 Å². The standard InChI is InChI=1S/C8H15NO2/c1-9-7(8(10)11)6-4-2-3-5-6/h6-7,9H,2-5H2,1H3,(H,10,11). The highest BCUT2D eigenvalue weighted by atomic mass is 16.4. The summed E-state index contributed by atoms with van der Waals surface area (Å²) in [6.07, 6.45) is 4.52. The van der Waals surface area contributed by atoms with Gasteiger partial charge in [0.15, 0.2) is 0 Å². The molecular weight excluding hydrogens is 142 g/mol. The minimum atomic E-state index is -0.709. The number of carboxylic acid groups (broad SMARTS) is 1. The molecular formula is C8H15NO2. The molecule has 0 aromatic rings. The largest absolute Gasteiger partial charge is 0.480 e. The van der Waals surface area contributed by atoms with Crippen molar-refractivity contribution >= 4 is 5.97 Å². The van der Waals surface area contributed by atoms with Gasteiger partial charge in [-0.05, 0) is 25.8 Å². The highest BCUT2D eigenvalue weighted by molar-refractivity contribution is 5.73. The average Bonchev–Trinajstić information content (AvgIpc) is 2.40. The number of carbonyl (C=O) groups is 1. The maximum absolute atomic E-state index is 10.7. The molecule has 1 aliphatic carbocycles. The summed E-state index contributed by atoms with van der Waals surface area (Å²) in [5.74, 6) is -0.350. The minimum absolute atomic E-state index is 0.322. The Kier molecular flexibility index (Phi) is 2.88. The molecule has 0 radical (unpaired) electrons. The summed E-state index contributed by atoms with van der Waals surface area (Å²) in [4.78, 5) is 10.7. The Morgan fingerprint density at radius 2 is 2.09 bits per heavy atom. The fourth-order valence-corrected chi connectivity index (χ4v) is 1.85. The molecule has 3 heteroatoms. The van der Waals surface area contributed by atoms with Crippen LogP contribution in [-0.2, 0) is 4.79 Å². The second-order valence-electron chi connectivity index (χ2n) is 3.15.